The zero-order valence-corrected chi connectivity index (χ0v) is 11.3. The lowest BCUT2D eigenvalue weighted by Gasteiger charge is -2.03. The van der Waals surface area contributed by atoms with E-state index in [1.807, 2.05) is 30.3 Å². The predicted molar refractivity (Wildman–Crippen MR) is 73.0 cm³/mol. The van der Waals surface area contributed by atoms with E-state index in [-0.39, 0.29) is 0 Å². The Morgan fingerprint density at radius 3 is 2.06 bits per heavy atom. The van der Waals surface area contributed by atoms with Crippen LogP contribution >= 0.6 is 0 Å². The number of benzene rings is 2. The minimum atomic E-state index is -3.13. The first-order chi connectivity index (χ1) is 8.00. The first-order valence-electron chi connectivity index (χ1n) is 5.68. The summed E-state index contributed by atoms with van der Waals surface area (Å²) in [5, 5.41) is 1.74. The summed E-state index contributed by atoms with van der Waals surface area (Å²) >= 11 is 0. The largest absolute Gasteiger partial charge is 0.224 e. The molecular weight excluding hydrogens is 232 g/mol. The molecule has 2 aromatic rings. The molecule has 0 N–H and O–H groups in total. The summed E-state index contributed by atoms with van der Waals surface area (Å²) in [6.45, 7) is 4.25. The highest BCUT2D eigenvalue weighted by atomic mass is 32.2. The molecule has 0 saturated heterocycles. The highest BCUT2D eigenvalue weighted by Crippen LogP contribution is 2.22. The van der Waals surface area contributed by atoms with Crippen LogP contribution in [0.3, 0.4) is 0 Å². The van der Waals surface area contributed by atoms with Gasteiger partial charge in [-0.05, 0) is 11.5 Å². The summed E-state index contributed by atoms with van der Waals surface area (Å²) in [4.78, 5) is 0.399. The van der Waals surface area contributed by atoms with E-state index >= 15 is 0 Å². The zero-order valence-electron chi connectivity index (χ0n) is 10.5. The number of fused-ring (bicyclic) bond motifs is 1. The minimum absolute atomic E-state index is 0.399. The molecule has 0 aliphatic heterocycles. The number of hydrogen-bond donors (Lipinski definition) is 0. The number of hydrogen-bond acceptors (Lipinski definition) is 2. The van der Waals surface area contributed by atoms with Crippen LogP contribution in [0.5, 0.6) is 0 Å². The van der Waals surface area contributed by atoms with Crippen LogP contribution in [-0.2, 0) is 9.84 Å². The van der Waals surface area contributed by atoms with Gasteiger partial charge in [-0.25, -0.2) is 8.42 Å². The van der Waals surface area contributed by atoms with Gasteiger partial charge in [0.05, 0.1) is 4.90 Å². The maximum Gasteiger partial charge on any atom is 0.176 e. The molecule has 2 nitrogen and oxygen atoms in total. The van der Waals surface area contributed by atoms with Gasteiger partial charge in [0.25, 0.3) is 0 Å². The topological polar surface area (TPSA) is 34.1 Å². The molecule has 92 valence electrons. The number of rotatable bonds is 1. The lowest BCUT2D eigenvalue weighted by Crippen LogP contribution is -1.97. The summed E-state index contributed by atoms with van der Waals surface area (Å²) in [5.41, 5.74) is 0. The second kappa shape index (κ2) is 5.82. The normalized spacial score (nSPS) is 10.8. The van der Waals surface area contributed by atoms with Crippen LogP contribution in [0.25, 0.3) is 10.8 Å². The Hall–Kier alpha value is -1.35. The van der Waals surface area contributed by atoms with Crippen molar-refractivity contribution in [1.82, 2.24) is 0 Å². The molecule has 2 rings (SSSR count). The molecule has 0 aromatic heterocycles. The third-order valence-corrected chi connectivity index (χ3v) is 3.30. The van der Waals surface area contributed by atoms with Crippen molar-refractivity contribution in [3.8, 4) is 0 Å². The summed E-state index contributed by atoms with van der Waals surface area (Å²) in [7, 11) is -3.13. The van der Waals surface area contributed by atoms with Crippen LogP contribution in [0.1, 0.15) is 20.3 Å². The molecule has 0 radical (unpaired) electrons. The van der Waals surface area contributed by atoms with Crippen LogP contribution < -0.4 is 0 Å². The van der Waals surface area contributed by atoms with Crippen molar-refractivity contribution < 1.29 is 8.42 Å². The summed E-state index contributed by atoms with van der Waals surface area (Å²) in [5.74, 6) is 0. The highest BCUT2D eigenvalue weighted by molar-refractivity contribution is 7.91. The van der Waals surface area contributed by atoms with E-state index in [1.165, 1.54) is 12.7 Å². The van der Waals surface area contributed by atoms with E-state index in [2.05, 4.69) is 13.8 Å². The van der Waals surface area contributed by atoms with Crippen LogP contribution in [0.15, 0.2) is 47.4 Å². The van der Waals surface area contributed by atoms with Crippen LogP contribution in [0.2, 0.25) is 0 Å². The molecule has 0 unspecified atom stereocenters. The van der Waals surface area contributed by atoms with Gasteiger partial charge in [-0.15, -0.1) is 0 Å². The van der Waals surface area contributed by atoms with Gasteiger partial charge in [0.15, 0.2) is 9.84 Å². The lowest BCUT2D eigenvalue weighted by atomic mass is 10.1. The lowest BCUT2D eigenvalue weighted by molar-refractivity contribution is 0.602. The smallest absolute Gasteiger partial charge is 0.176 e. The standard InChI is InChI=1S/C11H10O2S.C3H8/c1-14(12,13)11-8-4-6-9-5-2-3-7-10(9)11;1-3-2/h2-8H,1H3;3H2,1-2H3. The Morgan fingerprint density at radius 2 is 1.47 bits per heavy atom. The number of sulfone groups is 1. The average Bonchev–Trinajstić information content (AvgIpc) is 2.28. The first kappa shape index (κ1) is 13.7. The Morgan fingerprint density at radius 1 is 0.941 bits per heavy atom. The fraction of sp³-hybridized carbons (Fsp3) is 0.286. The second-order valence-electron chi connectivity index (χ2n) is 3.96. The van der Waals surface area contributed by atoms with Crippen molar-refractivity contribution in [2.45, 2.75) is 25.2 Å². The van der Waals surface area contributed by atoms with Gasteiger partial charge in [-0.2, -0.15) is 0 Å². The maximum atomic E-state index is 11.4. The van der Waals surface area contributed by atoms with Gasteiger partial charge < -0.3 is 0 Å². The third-order valence-electron chi connectivity index (χ3n) is 2.15. The van der Waals surface area contributed by atoms with Crippen molar-refractivity contribution in [3.63, 3.8) is 0 Å². The molecule has 0 spiro atoms. The van der Waals surface area contributed by atoms with E-state index in [9.17, 15) is 8.42 Å². The maximum absolute atomic E-state index is 11.4. The van der Waals surface area contributed by atoms with E-state index in [0.717, 1.165) is 10.8 Å². The zero-order chi connectivity index (χ0) is 12.9. The van der Waals surface area contributed by atoms with Crippen LogP contribution in [0, 0.1) is 0 Å². The second-order valence-corrected chi connectivity index (χ2v) is 5.94. The fourth-order valence-electron chi connectivity index (χ4n) is 1.52. The molecule has 0 saturated carbocycles. The summed E-state index contributed by atoms with van der Waals surface area (Å²) < 4.78 is 22.9. The molecule has 0 aliphatic carbocycles. The van der Waals surface area contributed by atoms with Crippen LogP contribution in [-0.4, -0.2) is 14.7 Å². The van der Waals surface area contributed by atoms with E-state index in [0.29, 0.717) is 4.90 Å². The van der Waals surface area contributed by atoms with Crippen molar-refractivity contribution in [1.29, 1.82) is 0 Å². The van der Waals surface area contributed by atoms with E-state index in [1.54, 1.807) is 12.1 Å². The molecule has 2 aromatic carbocycles. The Labute approximate surface area is 103 Å². The van der Waals surface area contributed by atoms with Gasteiger partial charge in [-0.1, -0.05) is 56.7 Å². The predicted octanol–water partition coefficient (Wildman–Crippen LogP) is 3.66. The monoisotopic (exact) mass is 250 g/mol. The molecule has 3 heteroatoms. The van der Waals surface area contributed by atoms with Gasteiger partial charge >= 0.3 is 0 Å². The molecule has 0 fully saturated rings. The first-order valence-corrected chi connectivity index (χ1v) is 7.57. The fourth-order valence-corrected chi connectivity index (χ4v) is 2.43. The molecule has 0 heterocycles. The van der Waals surface area contributed by atoms with Gasteiger partial charge in [0, 0.05) is 11.6 Å². The molecule has 0 bridgehead atoms. The van der Waals surface area contributed by atoms with E-state index in [4.69, 9.17) is 0 Å². The highest BCUT2D eigenvalue weighted by Gasteiger charge is 2.09. The van der Waals surface area contributed by atoms with Crippen molar-refractivity contribution in [3.05, 3.63) is 42.5 Å². The molecule has 0 amide bonds. The Balaban J connectivity index is 0.000000437. The SMILES string of the molecule is CCC.CS(=O)(=O)c1cccc2ccccc12. The minimum Gasteiger partial charge on any atom is -0.224 e. The van der Waals surface area contributed by atoms with Gasteiger partial charge in [0.2, 0.25) is 0 Å². The molecule has 0 aliphatic rings. The third kappa shape index (κ3) is 3.56. The summed E-state index contributed by atoms with van der Waals surface area (Å²) in [6, 6.07) is 12.8. The molecule has 17 heavy (non-hydrogen) atoms. The van der Waals surface area contributed by atoms with Crippen LogP contribution in [0.4, 0.5) is 0 Å². The molecular formula is C14H18O2S. The summed E-state index contributed by atoms with van der Waals surface area (Å²) in [6.07, 6.45) is 2.48. The van der Waals surface area contributed by atoms with E-state index < -0.39 is 9.84 Å². The molecule has 0 atom stereocenters. The quantitative estimate of drug-likeness (QED) is 0.774. The van der Waals surface area contributed by atoms with Gasteiger partial charge in [0.1, 0.15) is 0 Å². The average molecular weight is 250 g/mol. The Bertz CT molecular complexity index is 581. The van der Waals surface area contributed by atoms with Crippen molar-refractivity contribution in [2.75, 3.05) is 6.26 Å². The van der Waals surface area contributed by atoms with Crippen molar-refractivity contribution >= 4 is 20.6 Å². The van der Waals surface area contributed by atoms with Gasteiger partial charge in [-0.3, -0.25) is 0 Å². The van der Waals surface area contributed by atoms with Crippen molar-refractivity contribution in [2.24, 2.45) is 0 Å². The Kier molecular flexibility index (Phi) is 4.70.